The van der Waals surface area contributed by atoms with Gasteiger partial charge in [0.15, 0.2) is 0 Å². The molecule has 0 saturated heterocycles. The van der Waals surface area contributed by atoms with Gasteiger partial charge >= 0.3 is 6.18 Å². The Hall–Kier alpha value is -3.25. The number of ether oxygens (including phenoxy) is 1. The first-order valence-corrected chi connectivity index (χ1v) is 10.2. The van der Waals surface area contributed by atoms with E-state index in [0.717, 1.165) is 41.1 Å². The molecule has 0 aliphatic rings. The van der Waals surface area contributed by atoms with Crippen LogP contribution < -0.4 is 10.5 Å². The molecule has 31 heavy (non-hydrogen) atoms. The normalized spacial score (nSPS) is 11.7. The van der Waals surface area contributed by atoms with Gasteiger partial charge in [0.1, 0.15) is 11.5 Å². The molecule has 6 heteroatoms. The molecule has 3 N–H and O–H groups in total. The van der Waals surface area contributed by atoms with Crippen LogP contribution in [-0.4, -0.2) is 11.5 Å². The van der Waals surface area contributed by atoms with Crippen molar-refractivity contribution in [3.63, 3.8) is 0 Å². The fourth-order valence-corrected chi connectivity index (χ4v) is 3.72. The van der Waals surface area contributed by atoms with Gasteiger partial charge < -0.3 is 15.5 Å². The minimum absolute atomic E-state index is 0.513. The van der Waals surface area contributed by atoms with E-state index >= 15 is 0 Å². The molecule has 0 spiro atoms. The van der Waals surface area contributed by atoms with E-state index in [-0.39, 0.29) is 0 Å². The summed E-state index contributed by atoms with van der Waals surface area (Å²) in [4.78, 5) is 3.32. The summed E-state index contributed by atoms with van der Waals surface area (Å²) in [7, 11) is 0. The van der Waals surface area contributed by atoms with Crippen LogP contribution in [0.3, 0.4) is 0 Å². The number of unbranched alkanes of at least 4 members (excludes halogenated alkanes) is 1. The molecule has 4 aromatic rings. The molecule has 0 atom stereocenters. The minimum Gasteiger partial charge on any atom is -0.457 e. The number of aryl methyl sites for hydroxylation is 1. The Morgan fingerprint density at radius 2 is 1.65 bits per heavy atom. The Morgan fingerprint density at radius 1 is 0.839 bits per heavy atom. The molecular weight excluding hydrogens is 401 g/mol. The molecule has 0 saturated carbocycles. The second kappa shape index (κ2) is 8.86. The third-order valence-electron chi connectivity index (χ3n) is 5.22. The number of nitrogens with one attached hydrogen (secondary N) is 1. The van der Waals surface area contributed by atoms with Crippen LogP contribution in [0.15, 0.2) is 72.8 Å². The third-order valence-corrected chi connectivity index (χ3v) is 5.22. The van der Waals surface area contributed by atoms with E-state index in [0.29, 0.717) is 30.0 Å². The van der Waals surface area contributed by atoms with E-state index in [1.54, 1.807) is 6.07 Å². The summed E-state index contributed by atoms with van der Waals surface area (Å²) in [6.45, 7) is 0.573. The van der Waals surface area contributed by atoms with Gasteiger partial charge in [0.25, 0.3) is 0 Å². The van der Waals surface area contributed by atoms with Gasteiger partial charge in [-0.2, -0.15) is 13.2 Å². The van der Waals surface area contributed by atoms with E-state index in [9.17, 15) is 13.2 Å². The molecule has 1 aromatic heterocycles. The van der Waals surface area contributed by atoms with Crippen LogP contribution in [0.2, 0.25) is 0 Å². The maximum absolute atomic E-state index is 13.3. The van der Waals surface area contributed by atoms with Gasteiger partial charge in [-0.25, -0.2) is 0 Å². The maximum Gasteiger partial charge on any atom is 0.416 e. The molecule has 3 nitrogen and oxygen atoms in total. The number of nitrogens with two attached hydrogens (primary N) is 1. The molecule has 0 bridgehead atoms. The summed E-state index contributed by atoms with van der Waals surface area (Å²) in [5, 5.41) is 0.942. The van der Waals surface area contributed by atoms with E-state index in [1.165, 1.54) is 12.1 Å². The van der Waals surface area contributed by atoms with Crippen molar-refractivity contribution in [2.45, 2.75) is 25.4 Å². The number of hydrogen-bond donors (Lipinski definition) is 2. The first-order valence-electron chi connectivity index (χ1n) is 10.2. The van der Waals surface area contributed by atoms with E-state index in [4.69, 9.17) is 10.5 Å². The fourth-order valence-electron chi connectivity index (χ4n) is 3.72. The average molecular weight is 424 g/mol. The number of aromatic amines is 1. The highest BCUT2D eigenvalue weighted by molar-refractivity contribution is 5.92. The standard InChI is InChI=1S/C25H23F3N2O/c26-25(27,28)18-8-6-7-17(15-18)24-21(11-4-5-14-29)22-16-20(12-13-23(22)30-24)31-19-9-2-1-3-10-19/h1-3,6-10,12-13,15-16,30H,4-5,11,14,29H2. The lowest BCUT2D eigenvalue weighted by atomic mass is 9.99. The van der Waals surface area contributed by atoms with E-state index in [1.807, 2.05) is 48.5 Å². The van der Waals surface area contributed by atoms with Gasteiger partial charge in [0, 0.05) is 16.6 Å². The zero-order valence-corrected chi connectivity index (χ0v) is 16.9. The lowest BCUT2D eigenvalue weighted by Gasteiger charge is -2.10. The molecular formula is C25H23F3N2O. The highest BCUT2D eigenvalue weighted by Gasteiger charge is 2.30. The van der Waals surface area contributed by atoms with Crippen LogP contribution >= 0.6 is 0 Å². The zero-order chi connectivity index (χ0) is 21.8. The largest absolute Gasteiger partial charge is 0.457 e. The molecule has 3 aromatic carbocycles. The van der Waals surface area contributed by atoms with Gasteiger partial charge in [0.05, 0.1) is 5.56 Å². The highest BCUT2D eigenvalue weighted by Crippen LogP contribution is 2.37. The quantitative estimate of drug-likeness (QED) is 0.316. The fraction of sp³-hybridized carbons (Fsp3) is 0.200. The maximum atomic E-state index is 13.3. The van der Waals surface area contributed by atoms with Gasteiger partial charge in [-0.15, -0.1) is 0 Å². The van der Waals surface area contributed by atoms with Crippen molar-refractivity contribution < 1.29 is 17.9 Å². The lowest BCUT2D eigenvalue weighted by molar-refractivity contribution is -0.137. The smallest absolute Gasteiger partial charge is 0.416 e. The molecule has 0 aliphatic carbocycles. The zero-order valence-electron chi connectivity index (χ0n) is 16.9. The predicted octanol–water partition coefficient (Wildman–Crippen LogP) is 6.93. The Balaban J connectivity index is 1.78. The van der Waals surface area contributed by atoms with E-state index < -0.39 is 11.7 Å². The van der Waals surface area contributed by atoms with Crippen LogP contribution in [0.1, 0.15) is 24.0 Å². The second-order valence-electron chi connectivity index (χ2n) is 7.43. The number of H-pyrrole nitrogens is 1. The molecule has 1 heterocycles. The number of rotatable bonds is 7. The summed E-state index contributed by atoms with van der Waals surface area (Å²) in [6, 6.07) is 20.6. The highest BCUT2D eigenvalue weighted by atomic mass is 19.4. The van der Waals surface area contributed by atoms with Crippen molar-refractivity contribution in [2.24, 2.45) is 5.73 Å². The van der Waals surface area contributed by atoms with Gasteiger partial charge in [-0.1, -0.05) is 30.3 Å². The van der Waals surface area contributed by atoms with Crippen LogP contribution in [-0.2, 0) is 12.6 Å². The van der Waals surface area contributed by atoms with Crippen molar-refractivity contribution in [3.05, 3.63) is 83.9 Å². The Bertz CT molecular complexity index is 1170. The summed E-state index contributed by atoms with van der Waals surface area (Å²) in [5.74, 6) is 1.40. The summed E-state index contributed by atoms with van der Waals surface area (Å²) < 4.78 is 45.7. The lowest BCUT2D eigenvalue weighted by Crippen LogP contribution is -2.04. The number of alkyl halides is 3. The van der Waals surface area contributed by atoms with Crippen molar-refractivity contribution in [1.29, 1.82) is 0 Å². The number of fused-ring (bicyclic) bond motifs is 1. The molecule has 0 fully saturated rings. The number of para-hydroxylation sites is 1. The van der Waals surface area contributed by atoms with Crippen molar-refractivity contribution in [2.75, 3.05) is 6.54 Å². The number of benzene rings is 3. The first kappa shape index (κ1) is 21.0. The topological polar surface area (TPSA) is 51.0 Å². The molecule has 0 unspecified atom stereocenters. The van der Waals surface area contributed by atoms with Crippen LogP contribution in [0.25, 0.3) is 22.2 Å². The number of aromatic nitrogens is 1. The molecule has 160 valence electrons. The van der Waals surface area contributed by atoms with Crippen molar-refractivity contribution in [3.8, 4) is 22.8 Å². The van der Waals surface area contributed by atoms with Crippen LogP contribution in [0.5, 0.6) is 11.5 Å². The third kappa shape index (κ3) is 4.75. The average Bonchev–Trinajstić information content (AvgIpc) is 3.12. The SMILES string of the molecule is NCCCCc1c(-c2cccc(C(F)(F)F)c2)[nH]c2ccc(Oc3ccccc3)cc12. The number of halogens is 3. The van der Waals surface area contributed by atoms with Gasteiger partial charge in [-0.05, 0) is 79.4 Å². The Kier molecular flexibility index (Phi) is 6.00. The van der Waals surface area contributed by atoms with Crippen molar-refractivity contribution in [1.82, 2.24) is 4.98 Å². The van der Waals surface area contributed by atoms with Crippen LogP contribution in [0.4, 0.5) is 13.2 Å². The Labute approximate surface area is 178 Å². The second-order valence-corrected chi connectivity index (χ2v) is 7.43. The molecule has 0 radical (unpaired) electrons. The monoisotopic (exact) mass is 424 g/mol. The van der Waals surface area contributed by atoms with Gasteiger partial charge in [-0.3, -0.25) is 0 Å². The summed E-state index contributed by atoms with van der Waals surface area (Å²) in [6.07, 6.45) is -2.00. The van der Waals surface area contributed by atoms with Gasteiger partial charge in [0.2, 0.25) is 0 Å². The van der Waals surface area contributed by atoms with Crippen molar-refractivity contribution >= 4 is 10.9 Å². The Morgan fingerprint density at radius 3 is 2.39 bits per heavy atom. The predicted molar refractivity (Wildman–Crippen MR) is 117 cm³/mol. The van der Waals surface area contributed by atoms with Crippen LogP contribution in [0, 0.1) is 0 Å². The summed E-state index contributed by atoms with van der Waals surface area (Å²) in [5.41, 5.74) is 8.04. The molecule has 0 amide bonds. The first-order chi connectivity index (χ1) is 15.0. The number of hydrogen-bond acceptors (Lipinski definition) is 2. The summed E-state index contributed by atoms with van der Waals surface area (Å²) >= 11 is 0. The molecule has 4 rings (SSSR count). The van der Waals surface area contributed by atoms with E-state index in [2.05, 4.69) is 4.98 Å². The molecule has 0 aliphatic heterocycles. The minimum atomic E-state index is -4.39.